The third-order valence-corrected chi connectivity index (χ3v) is 8.95. The van der Waals surface area contributed by atoms with Gasteiger partial charge in [-0.05, 0) is 75.3 Å². The van der Waals surface area contributed by atoms with Crippen molar-refractivity contribution >= 4 is 45.2 Å². The number of aliphatic carboxylic acids is 2. The number of nitrogens with zero attached hydrogens (tertiary/aromatic N) is 4. The monoisotopic (exact) mass is 645 g/mol. The van der Waals surface area contributed by atoms with Crippen LogP contribution in [-0.4, -0.2) is 37.2 Å². The van der Waals surface area contributed by atoms with E-state index in [4.69, 9.17) is 19.9 Å². The van der Waals surface area contributed by atoms with E-state index in [-0.39, 0.29) is 41.7 Å². The molecule has 2 aliphatic rings. The van der Waals surface area contributed by atoms with Crippen LogP contribution in [-0.2, 0) is 33.1 Å². The van der Waals surface area contributed by atoms with Crippen LogP contribution in [0.2, 0.25) is 0 Å². The molecule has 0 aromatic carbocycles. The molecule has 5 heterocycles. The Bertz CT molecular complexity index is 1850. The van der Waals surface area contributed by atoms with Crippen molar-refractivity contribution in [2.24, 2.45) is 0 Å². The summed E-state index contributed by atoms with van der Waals surface area (Å²) in [5.41, 5.74) is 11.4. The predicted molar refractivity (Wildman–Crippen MR) is 166 cm³/mol. The first-order valence-electron chi connectivity index (χ1n) is 14.8. The molecule has 0 amide bonds. The van der Waals surface area contributed by atoms with Crippen molar-refractivity contribution in [1.82, 2.24) is 19.9 Å². The Balaban J connectivity index is 0.00000442. The third kappa shape index (κ3) is 5.86. The number of allylic oxidation sites excluding steroid dienone is 2. The Labute approximate surface area is 267 Å². The molecule has 0 aliphatic carbocycles. The van der Waals surface area contributed by atoms with Gasteiger partial charge in [-0.3, -0.25) is 14.6 Å². The summed E-state index contributed by atoms with van der Waals surface area (Å²) in [5, 5.41) is 30.3. The molecule has 235 valence electrons. The molecule has 0 saturated carbocycles. The van der Waals surface area contributed by atoms with Crippen molar-refractivity contribution in [1.29, 1.82) is 0 Å². The van der Waals surface area contributed by atoms with E-state index in [2.05, 4.69) is 6.92 Å². The molecular weight excluding hydrogens is 608 g/mol. The summed E-state index contributed by atoms with van der Waals surface area (Å²) < 4.78 is 0. The first-order chi connectivity index (χ1) is 20.3. The van der Waals surface area contributed by atoms with Crippen molar-refractivity contribution in [2.45, 2.75) is 92.1 Å². The SMILES string of the molecule is CCC1=C(C)c2cc3[n-]c(cc4nc(c(CC(=O)O)c5cc(C)c([n-]5)c(C)c1n2)C(CCC(=O)O)C4C)c(C)c3C(C)O.[Cu+2]. The molecule has 3 aromatic heterocycles. The second-order valence-corrected chi connectivity index (χ2v) is 11.8. The summed E-state index contributed by atoms with van der Waals surface area (Å²) in [6.45, 7) is 13.7. The number of rotatable bonds is 7. The predicted octanol–water partition coefficient (Wildman–Crippen LogP) is 6.27. The minimum absolute atomic E-state index is 0. The molecule has 3 N–H and O–H groups in total. The number of fused-ring (bicyclic) bond motifs is 8. The third-order valence-electron chi connectivity index (χ3n) is 8.95. The maximum absolute atomic E-state index is 12.2. The average molecular weight is 646 g/mol. The van der Waals surface area contributed by atoms with Gasteiger partial charge in [0.15, 0.2) is 0 Å². The molecular formula is C34H38CuN4O5. The largest absolute Gasteiger partial charge is 2.00 e. The summed E-state index contributed by atoms with van der Waals surface area (Å²) in [5.74, 6) is -2.44. The summed E-state index contributed by atoms with van der Waals surface area (Å²) in [7, 11) is 0. The zero-order chi connectivity index (χ0) is 31.3. The quantitative estimate of drug-likeness (QED) is 0.253. The zero-order valence-corrected chi connectivity index (χ0v) is 27.0. The van der Waals surface area contributed by atoms with Gasteiger partial charge in [-0.1, -0.05) is 43.2 Å². The Morgan fingerprint density at radius 1 is 0.955 bits per heavy atom. The minimum Gasteiger partial charge on any atom is -0.657 e. The minimum atomic E-state index is -1.02. The molecule has 9 nitrogen and oxygen atoms in total. The normalized spacial score (nSPS) is 17.0. The molecule has 2 aliphatic heterocycles. The van der Waals surface area contributed by atoms with Gasteiger partial charge in [0.1, 0.15) is 0 Å². The molecule has 3 unspecified atom stereocenters. The zero-order valence-electron chi connectivity index (χ0n) is 26.0. The molecule has 0 spiro atoms. The van der Waals surface area contributed by atoms with Gasteiger partial charge in [-0.2, -0.15) is 0 Å². The number of hydrogen-bond donors (Lipinski definition) is 3. The maximum Gasteiger partial charge on any atom is 2.00 e. The number of aryl methyl sites for hydroxylation is 3. The molecule has 5 rings (SSSR count). The van der Waals surface area contributed by atoms with Crippen molar-refractivity contribution in [3.05, 3.63) is 68.8 Å². The first kappa shape index (κ1) is 33.2. The summed E-state index contributed by atoms with van der Waals surface area (Å²) in [4.78, 5) is 43.8. The van der Waals surface area contributed by atoms with Crippen LogP contribution in [0, 0.1) is 20.8 Å². The van der Waals surface area contributed by atoms with Gasteiger partial charge in [0, 0.05) is 29.6 Å². The summed E-state index contributed by atoms with van der Waals surface area (Å²) >= 11 is 0. The number of aliphatic hydroxyl groups is 1. The van der Waals surface area contributed by atoms with Crippen molar-refractivity contribution in [2.75, 3.05) is 0 Å². The van der Waals surface area contributed by atoms with Crippen LogP contribution in [0.4, 0.5) is 0 Å². The van der Waals surface area contributed by atoms with Gasteiger partial charge in [0.05, 0.1) is 23.9 Å². The van der Waals surface area contributed by atoms with Crippen molar-refractivity contribution in [3.63, 3.8) is 0 Å². The number of aromatic nitrogens is 4. The van der Waals surface area contributed by atoms with Crippen LogP contribution < -0.4 is 9.97 Å². The number of carboxylic acids is 2. The molecule has 0 fully saturated rings. The fourth-order valence-corrected chi connectivity index (χ4v) is 6.65. The van der Waals surface area contributed by atoms with Crippen LogP contribution in [0.15, 0.2) is 18.2 Å². The molecule has 1 radical (unpaired) electrons. The topological polar surface area (TPSA) is 149 Å². The molecule has 10 heteroatoms. The van der Waals surface area contributed by atoms with Gasteiger partial charge in [0.2, 0.25) is 0 Å². The van der Waals surface area contributed by atoms with Crippen LogP contribution >= 0.6 is 0 Å². The van der Waals surface area contributed by atoms with Crippen molar-refractivity contribution < 1.29 is 42.0 Å². The number of aliphatic hydroxyl groups excluding tert-OH is 1. The Morgan fingerprint density at radius 3 is 2.27 bits per heavy atom. The van der Waals surface area contributed by atoms with E-state index in [1.54, 1.807) is 6.92 Å². The van der Waals surface area contributed by atoms with E-state index in [9.17, 15) is 24.9 Å². The Morgan fingerprint density at radius 2 is 1.66 bits per heavy atom. The van der Waals surface area contributed by atoms with Gasteiger partial charge in [0.25, 0.3) is 0 Å². The van der Waals surface area contributed by atoms with E-state index in [1.165, 1.54) is 0 Å². The van der Waals surface area contributed by atoms with Crippen molar-refractivity contribution in [3.8, 4) is 0 Å². The van der Waals surface area contributed by atoms with Gasteiger partial charge in [-0.15, -0.1) is 22.1 Å². The Kier molecular flexibility index (Phi) is 9.59. The summed E-state index contributed by atoms with van der Waals surface area (Å²) in [6.07, 6.45) is -0.0754. The standard InChI is InChI=1S/C34H40N4O5.Cu/c1-8-21-16(3)25-14-28-31(20(7)39)18(5)26(35-28)13-24-17(4)22(9-10-29(40)41)34(37-24)23(12-30(42)43)27-11-15(2)32(38-27)19(6)33(21)36-25;/h11,13-14,17,20,22,39H,8-10,12H2,1-7H3,(H4,35,36,37,38,40,41,42,43);/q;+2/p-2. The molecule has 3 aromatic rings. The van der Waals surface area contributed by atoms with E-state index in [0.717, 1.165) is 51.2 Å². The number of hydrogen-bond acceptors (Lipinski definition) is 5. The number of carbonyl (C=O) groups is 2. The molecule has 0 saturated heterocycles. The maximum atomic E-state index is 12.2. The second-order valence-electron chi connectivity index (χ2n) is 11.8. The molecule has 44 heavy (non-hydrogen) atoms. The smallest absolute Gasteiger partial charge is 0.657 e. The Hall–Kier alpha value is -3.72. The van der Waals surface area contributed by atoms with Crippen LogP contribution in [0.1, 0.15) is 115 Å². The first-order valence-corrected chi connectivity index (χ1v) is 14.8. The number of carboxylic acid groups (broad SMARTS) is 2. The fourth-order valence-electron chi connectivity index (χ4n) is 6.65. The second kappa shape index (κ2) is 12.7. The van der Waals surface area contributed by atoms with E-state index >= 15 is 0 Å². The van der Waals surface area contributed by atoms with Gasteiger partial charge < -0.3 is 25.3 Å². The van der Waals surface area contributed by atoms with E-state index in [0.29, 0.717) is 45.5 Å². The van der Waals surface area contributed by atoms with E-state index in [1.807, 2.05) is 52.8 Å². The summed E-state index contributed by atoms with van der Waals surface area (Å²) in [6, 6.07) is 5.72. The van der Waals surface area contributed by atoms with Gasteiger partial charge in [-0.25, -0.2) is 4.98 Å². The van der Waals surface area contributed by atoms with Crippen LogP contribution in [0.25, 0.3) is 33.2 Å². The van der Waals surface area contributed by atoms with Crippen LogP contribution in [0.5, 0.6) is 0 Å². The van der Waals surface area contributed by atoms with Gasteiger partial charge >= 0.3 is 29.0 Å². The molecule has 8 bridgehead atoms. The van der Waals surface area contributed by atoms with Crippen LogP contribution in [0.3, 0.4) is 0 Å². The fraction of sp³-hybridized carbons (Fsp3) is 0.412. The van der Waals surface area contributed by atoms with E-state index < -0.39 is 18.0 Å². The molecule has 3 atom stereocenters. The average Bonchev–Trinajstić information content (AvgIpc) is 3.64.